The van der Waals surface area contributed by atoms with E-state index in [0.29, 0.717) is 6.04 Å². The Morgan fingerprint density at radius 1 is 1.05 bits per heavy atom. The fourth-order valence-corrected chi connectivity index (χ4v) is 2.47. The number of hydrogen-bond acceptors (Lipinski definition) is 1. The molecule has 1 atom stereocenters. The van der Waals surface area contributed by atoms with Crippen LogP contribution in [0.4, 0.5) is 0 Å². The SMILES string of the molecule is CC(CCc1ccccc1)NCc1cc(Cl)ccc1Cl. The molecule has 0 aliphatic heterocycles. The van der Waals surface area contributed by atoms with Gasteiger partial charge in [-0.2, -0.15) is 0 Å². The fraction of sp³-hybridized carbons (Fsp3) is 0.294. The van der Waals surface area contributed by atoms with E-state index in [1.165, 1.54) is 5.56 Å². The molecule has 0 heterocycles. The molecule has 2 rings (SSSR count). The molecule has 0 aromatic heterocycles. The highest BCUT2D eigenvalue weighted by atomic mass is 35.5. The average molecular weight is 308 g/mol. The van der Waals surface area contributed by atoms with Crippen molar-refractivity contribution in [2.75, 3.05) is 0 Å². The molecule has 0 saturated heterocycles. The van der Waals surface area contributed by atoms with Gasteiger partial charge in [0.05, 0.1) is 0 Å². The Morgan fingerprint density at radius 3 is 2.55 bits per heavy atom. The largest absolute Gasteiger partial charge is 0.310 e. The predicted molar refractivity (Wildman–Crippen MR) is 87.5 cm³/mol. The topological polar surface area (TPSA) is 12.0 Å². The maximum Gasteiger partial charge on any atom is 0.0451 e. The Kier molecular flexibility index (Phi) is 5.90. The first-order valence-electron chi connectivity index (χ1n) is 6.86. The maximum atomic E-state index is 6.15. The molecule has 106 valence electrons. The zero-order valence-electron chi connectivity index (χ0n) is 11.6. The Morgan fingerprint density at radius 2 is 1.80 bits per heavy atom. The Labute approximate surface area is 130 Å². The molecule has 0 aliphatic rings. The van der Waals surface area contributed by atoms with Crippen LogP contribution in [-0.4, -0.2) is 6.04 Å². The summed E-state index contributed by atoms with van der Waals surface area (Å²) in [6.07, 6.45) is 2.18. The highest BCUT2D eigenvalue weighted by Crippen LogP contribution is 2.20. The van der Waals surface area contributed by atoms with E-state index in [-0.39, 0.29) is 0 Å². The van der Waals surface area contributed by atoms with Crippen molar-refractivity contribution < 1.29 is 0 Å². The number of benzene rings is 2. The van der Waals surface area contributed by atoms with Crippen LogP contribution in [0.15, 0.2) is 48.5 Å². The van der Waals surface area contributed by atoms with Gasteiger partial charge in [0.1, 0.15) is 0 Å². The lowest BCUT2D eigenvalue weighted by atomic mass is 10.1. The van der Waals surface area contributed by atoms with Gasteiger partial charge in [0.2, 0.25) is 0 Å². The summed E-state index contributed by atoms with van der Waals surface area (Å²) in [4.78, 5) is 0. The van der Waals surface area contributed by atoms with E-state index >= 15 is 0 Å². The van der Waals surface area contributed by atoms with Crippen LogP contribution >= 0.6 is 23.2 Å². The second-order valence-corrected chi connectivity index (χ2v) is 5.89. The summed E-state index contributed by atoms with van der Waals surface area (Å²) < 4.78 is 0. The highest BCUT2D eigenvalue weighted by molar-refractivity contribution is 6.33. The van der Waals surface area contributed by atoms with Crippen molar-refractivity contribution in [2.45, 2.75) is 32.4 Å². The summed E-state index contributed by atoms with van der Waals surface area (Å²) in [5.74, 6) is 0. The molecule has 1 unspecified atom stereocenters. The van der Waals surface area contributed by atoms with E-state index < -0.39 is 0 Å². The Balaban J connectivity index is 1.80. The summed E-state index contributed by atoms with van der Waals surface area (Å²) in [5.41, 5.74) is 2.42. The van der Waals surface area contributed by atoms with Gasteiger partial charge in [0, 0.05) is 22.6 Å². The van der Waals surface area contributed by atoms with Gasteiger partial charge in [-0.1, -0.05) is 53.5 Å². The molecule has 2 aromatic carbocycles. The fourth-order valence-electron chi connectivity index (χ4n) is 2.09. The molecule has 1 nitrogen and oxygen atoms in total. The van der Waals surface area contributed by atoms with E-state index in [4.69, 9.17) is 23.2 Å². The Hall–Kier alpha value is -1.02. The maximum absolute atomic E-state index is 6.15. The predicted octanol–water partition coefficient (Wildman–Crippen LogP) is 5.10. The molecular weight excluding hydrogens is 289 g/mol. The van der Waals surface area contributed by atoms with Crippen LogP contribution in [0, 0.1) is 0 Å². The van der Waals surface area contributed by atoms with Gasteiger partial charge in [-0.25, -0.2) is 0 Å². The van der Waals surface area contributed by atoms with Crippen molar-refractivity contribution in [3.63, 3.8) is 0 Å². The van der Waals surface area contributed by atoms with Gasteiger partial charge in [0.25, 0.3) is 0 Å². The van der Waals surface area contributed by atoms with Crippen molar-refractivity contribution in [3.05, 3.63) is 69.7 Å². The lowest BCUT2D eigenvalue weighted by Crippen LogP contribution is -2.26. The van der Waals surface area contributed by atoms with Crippen molar-refractivity contribution in [3.8, 4) is 0 Å². The third kappa shape index (κ3) is 4.82. The van der Waals surface area contributed by atoms with E-state index in [0.717, 1.165) is 35.0 Å². The first-order chi connectivity index (χ1) is 9.65. The van der Waals surface area contributed by atoms with Gasteiger partial charge in [-0.05, 0) is 49.1 Å². The third-order valence-corrected chi connectivity index (χ3v) is 3.96. The zero-order chi connectivity index (χ0) is 14.4. The van der Waals surface area contributed by atoms with Crippen LogP contribution in [0.1, 0.15) is 24.5 Å². The molecule has 0 radical (unpaired) electrons. The molecule has 20 heavy (non-hydrogen) atoms. The lowest BCUT2D eigenvalue weighted by molar-refractivity contribution is 0.514. The average Bonchev–Trinajstić information content (AvgIpc) is 2.47. The van der Waals surface area contributed by atoms with Crippen molar-refractivity contribution >= 4 is 23.2 Å². The normalized spacial score (nSPS) is 12.3. The van der Waals surface area contributed by atoms with Crippen molar-refractivity contribution in [1.29, 1.82) is 0 Å². The molecule has 1 N–H and O–H groups in total. The summed E-state index contributed by atoms with van der Waals surface area (Å²) >= 11 is 12.1. The van der Waals surface area contributed by atoms with Crippen LogP contribution in [0.2, 0.25) is 10.0 Å². The number of rotatable bonds is 6. The molecule has 0 saturated carbocycles. The van der Waals surface area contributed by atoms with Crippen molar-refractivity contribution in [1.82, 2.24) is 5.32 Å². The zero-order valence-corrected chi connectivity index (χ0v) is 13.1. The van der Waals surface area contributed by atoms with Gasteiger partial charge in [-0.3, -0.25) is 0 Å². The smallest absolute Gasteiger partial charge is 0.0451 e. The van der Waals surface area contributed by atoms with Crippen molar-refractivity contribution in [2.24, 2.45) is 0 Å². The summed E-state index contributed by atoms with van der Waals surface area (Å²) in [6, 6.07) is 16.6. The minimum absolute atomic E-state index is 0.435. The second-order valence-electron chi connectivity index (χ2n) is 5.04. The minimum Gasteiger partial charge on any atom is -0.310 e. The van der Waals surface area contributed by atoms with E-state index in [1.807, 2.05) is 24.3 Å². The number of nitrogens with one attached hydrogen (secondary N) is 1. The Bertz CT molecular complexity index is 540. The van der Waals surface area contributed by atoms with Gasteiger partial charge >= 0.3 is 0 Å². The third-order valence-electron chi connectivity index (χ3n) is 3.36. The van der Waals surface area contributed by atoms with Crippen LogP contribution in [0.5, 0.6) is 0 Å². The first-order valence-corrected chi connectivity index (χ1v) is 7.62. The van der Waals surface area contributed by atoms with Crippen LogP contribution in [0.25, 0.3) is 0 Å². The van der Waals surface area contributed by atoms with E-state index in [2.05, 4.69) is 36.5 Å². The van der Waals surface area contributed by atoms with Crippen LogP contribution in [0.3, 0.4) is 0 Å². The monoisotopic (exact) mass is 307 g/mol. The van der Waals surface area contributed by atoms with Gasteiger partial charge in [-0.15, -0.1) is 0 Å². The second kappa shape index (κ2) is 7.68. The molecule has 0 fully saturated rings. The molecule has 3 heteroatoms. The standard InChI is InChI=1S/C17H19Cl2N/c1-13(7-8-14-5-3-2-4-6-14)20-12-15-11-16(18)9-10-17(15)19/h2-6,9-11,13,20H,7-8,12H2,1H3. The van der Waals surface area contributed by atoms with Gasteiger partial charge < -0.3 is 5.32 Å². The summed E-state index contributed by atoms with van der Waals surface area (Å²) in [7, 11) is 0. The molecule has 0 amide bonds. The molecule has 0 aliphatic carbocycles. The summed E-state index contributed by atoms with van der Waals surface area (Å²) in [6.45, 7) is 2.94. The number of hydrogen-bond donors (Lipinski definition) is 1. The quantitative estimate of drug-likeness (QED) is 0.782. The molecule has 0 bridgehead atoms. The summed E-state index contributed by atoms with van der Waals surface area (Å²) in [5, 5.41) is 4.98. The van der Waals surface area contributed by atoms with E-state index in [9.17, 15) is 0 Å². The number of aryl methyl sites for hydroxylation is 1. The molecular formula is C17H19Cl2N. The molecule has 2 aromatic rings. The molecule has 0 spiro atoms. The lowest BCUT2D eigenvalue weighted by Gasteiger charge is -2.14. The first kappa shape index (κ1) is 15.4. The van der Waals surface area contributed by atoms with Gasteiger partial charge in [0.15, 0.2) is 0 Å². The number of halogens is 2. The van der Waals surface area contributed by atoms with Crippen LogP contribution < -0.4 is 5.32 Å². The van der Waals surface area contributed by atoms with E-state index in [1.54, 1.807) is 0 Å². The minimum atomic E-state index is 0.435. The van der Waals surface area contributed by atoms with Crippen LogP contribution in [-0.2, 0) is 13.0 Å². The highest BCUT2D eigenvalue weighted by Gasteiger charge is 2.05.